The van der Waals surface area contributed by atoms with Crippen LogP contribution in [0.2, 0.25) is 0 Å². The van der Waals surface area contributed by atoms with E-state index in [0.29, 0.717) is 4.47 Å². The minimum absolute atomic E-state index is 0.0304. The summed E-state index contributed by atoms with van der Waals surface area (Å²) in [7, 11) is 0. The fraction of sp³-hybridized carbons (Fsp3) is 0.200. The summed E-state index contributed by atoms with van der Waals surface area (Å²) in [5.41, 5.74) is -1.57. The Labute approximate surface area is 165 Å². The van der Waals surface area contributed by atoms with E-state index in [1.807, 2.05) is 0 Å². The Bertz CT molecular complexity index is 1130. The van der Waals surface area contributed by atoms with Crippen molar-refractivity contribution in [2.24, 2.45) is 5.92 Å². The van der Waals surface area contributed by atoms with E-state index in [-0.39, 0.29) is 28.2 Å². The molecule has 1 aliphatic carbocycles. The van der Waals surface area contributed by atoms with Crippen molar-refractivity contribution >= 4 is 32.9 Å². The predicted octanol–water partition coefficient (Wildman–Crippen LogP) is 5.56. The van der Waals surface area contributed by atoms with Crippen molar-refractivity contribution < 1.29 is 27.1 Å². The van der Waals surface area contributed by atoms with E-state index in [1.165, 1.54) is 24.3 Å². The number of carbonyl (C=O) groups is 1. The minimum atomic E-state index is -4.88. The van der Waals surface area contributed by atoms with Gasteiger partial charge in [-0.2, -0.15) is 13.2 Å². The molecule has 3 aromatic rings. The smallest absolute Gasteiger partial charge is 0.450 e. The Morgan fingerprint density at radius 2 is 1.79 bits per heavy atom. The van der Waals surface area contributed by atoms with Crippen LogP contribution in [0.3, 0.4) is 0 Å². The highest BCUT2D eigenvalue weighted by Crippen LogP contribution is 2.38. The van der Waals surface area contributed by atoms with Crippen LogP contribution in [0.1, 0.15) is 18.6 Å². The van der Waals surface area contributed by atoms with Crippen LogP contribution in [-0.2, 0) is 11.0 Å². The lowest BCUT2D eigenvalue weighted by atomic mass is 10.0. The molecule has 4 rings (SSSR count). The monoisotopic (exact) mass is 452 g/mol. The molecule has 0 N–H and O–H groups in total. The van der Waals surface area contributed by atoms with Crippen LogP contribution in [0.15, 0.2) is 56.1 Å². The van der Waals surface area contributed by atoms with Crippen molar-refractivity contribution in [3.05, 3.63) is 62.9 Å². The first-order valence-corrected chi connectivity index (χ1v) is 9.19. The van der Waals surface area contributed by atoms with E-state index in [0.717, 1.165) is 18.9 Å². The zero-order valence-corrected chi connectivity index (χ0v) is 15.8. The largest absolute Gasteiger partial charge is 0.450 e. The van der Waals surface area contributed by atoms with Crippen LogP contribution in [0.5, 0.6) is 5.75 Å². The molecule has 0 aliphatic heterocycles. The first-order chi connectivity index (χ1) is 13.2. The lowest BCUT2D eigenvalue weighted by Gasteiger charge is -2.13. The van der Waals surface area contributed by atoms with Crippen LogP contribution in [0.4, 0.5) is 13.2 Å². The van der Waals surface area contributed by atoms with Gasteiger partial charge < -0.3 is 9.15 Å². The van der Waals surface area contributed by atoms with Crippen molar-refractivity contribution in [2.75, 3.05) is 0 Å². The molecule has 1 aliphatic rings. The summed E-state index contributed by atoms with van der Waals surface area (Å²) >= 11 is 3.21. The van der Waals surface area contributed by atoms with Crippen LogP contribution in [0, 0.1) is 5.92 Å². The lowest BCUT2D eigenvalue weighted by molar-refractivity contribution is -0.152. The minimum Gasteiger partial charge on any atom is -0.450 e. The topological polar surface area (TPSA) is 56.5 Å². The maximum absolute atomic E-state index is 13.6. The van der Waals surface area contributed by atoms with Gasteiger partial charge in [-0.15, -0.1) is 0 Å². The fourth-order valence-electron chi connectivity index (χ4n) is 2.83. The zero-order chi connectivity index (χ0) is 20.1. The molecule has 0 saturated heterocycles. The molecular weight excluding hydrogens is 441 g/mol. The number of fused-ring (bicyclic) bond motifs is 1. The third kappa shape index (κ3) is 3.56. The van der Waals surface area contributed by atoms with Crippen LogP contribution >= 0.6 is 15.9 Å². The number of esters is 1. The highest BCUT2D eigenvalue weighted by atomic mass is 79.9. The van der Waals surface area contributed by atoms with Crippen molar-refractivity contribution in [3.63, 3.8) is 0 Å². The standard InChI is InChI=1S/C20H12BrF3O4/c21-12-5-3-10(4-6-12)16-17(25)14-8-7-13(27-19(26)11-1-2-11)9-15(14)28-18(16)20(22,23)24/h3-9,11H,1-2H2. The molecule has 1 saturated carbocycles. The summed E-state index contributed by atoms with van der Waals surface area (Å²) in [4.78, 5) is 24.6. The van der Waals surface area contributed by atoms with Gasteiger partial charge in [0.05, 0.1) is 16.9 Å². The summed E-state index contributed by atoms with van der Waals surface area (Å²) in [5, 5.41) is -0.0304. The van der Waals surface area contributed by atoms with E-state index in [1.54, 1.807) is 12.1 Å². The van der Waals surface area contributed by atoms with Gasteiger partial charge in [0.25, 0.3) is 0 Å². The maximum Gasteiger partial charge on any atom is 0.450 e. The van der Waals surface area contributed by atoms with Crippen LogP contribution < -0.4 is 10.2 Å². The first kappa shape index (κ1) is 18.7. The Hall–Kier alpha value is -2.61. The van der Waals surface area contributed by atoms with Gasteiger partial charge in [0.15, 0.2) is 0 Å². The highest BCUT2D eigenvalue weighted by molar-refractivity contribution is 9.10. The first-order valence-electron chi connectivity index (χ1n) is 8.40. The molecule has 0 spiro atoms. The molecule has 0 radical (unpaired) electrons. The average Bonchev–Trinajstić information content (AvgIpc) is 3.47. The van der Waals surface area contributed by atoms with Crippen molar-refractivity contribution in [1.29, 1.82) is 0 Å². The van der Waals surface area contributed by atoms with Gasteiger partial charge in [0.2, 0.25) is 11.2 Å². The second-order valence-corrected chi connectivity index (χ2v) is 7.41. The normalized spacial score (nSPS) is 14.3. The molecule has 144 valence electrons. The second-order valence-electron chi connectivity index (χ2n) is 6.49. The molecule has 1 fully saturated rings. The molecule has 0 unspecified atom stereocenters. The van der Waals surface area contributed by atoms with Gasteiger partial charge in [-0.05, 0) is 42.7 Å². The number of hydrogen-bond acceptors (Lipinski definition) is 4. The average molecular weight is 453 g/mol. The lowest BCUT2D eigenvalue weighted by Crippen LogP contribution is -2.16. The molecule has 4 nitrogen and oxygen atoms in total. The quantitative estimate of drug-likeness (QED) is 0.385. The van der Waals surface area contributed by atoms with Crippen molar-refractivity contribution in [1.82, 2.24) is 0 Å². The summed E-state index contributed by atoms with van der Waals surface area (Å²) < 4.78 is 51.8. The number of ether oxygens (including phenoxy) is 1. The second kappa shape index (κ2) is 6.77. The predicted molar refractivity (Wildman–Crippen MR) is 99.0 cm³/mol. The highest BCUT2D eigenvalue weighted by Gasteiger charge is 2.39. The molecule has 28 heavy (non-hydrogen) atoms. The molecule has 0 amide bonds. The summed E-state index contributed by atoms with van der Waals surface area (Å²) in [6.45, 7) is 0. The van der Waals surface area contributed by atoms with Gasteiger partial charge in [-0.1, -0.05) is 28.1 Å². The van der Waals surface area contributed by atoms with Crippen molar-refractivity contribution in [2.45, 2.75) is 19.0 Å². The number of halogens is 4. The van der Waals surface area contributed by atoms with Crippen LogP contribution in [-0.4, -0.2) is 5.97 Å². The number of carbonyl (C=O) groups excluding carboxylic acids is 1. The number of alkyl halides is 3. The summed E-state index contributed by atoms with van der Waals surface area (Å²) in [5.74, 6) is -1.97. The molecule has 0 bridgehead atoms. The molecule has 1 aromatic heterocycles. The summed E-state index contributed by atoms with van der Waals surface area (Å²) in [6, 6.07) is 9.71. The Morgan fingerprint density at radius 1 is 1.11 bits per heavy atom. The fourth-order valence-corrected chi connectivity index (χ4v) is 3.10. The van der Waals surface area contributed by atoms with E-state index in [2.05, 4.69) is 15.9 Å². The molecule has 8 heteroatoms. The van der Waals surface area contributed by atoms with E-state index in [9.17, 15) is 22.8 Å². The summed E-state index contributed by atoms with van der Waals surface area (Å²) in [6.07, 6.45) is -3.41. The maximum atomic E-state index is 13.6. The SMILES string of the molecule is O=C(Oc1ccc2c(=O)c(-c3ccc(Br)cc3)c(C(F)(F)F)oc2c1)C1CC1. The van der Waals surface area contributed by atoms with E-state index < -0.39 is 28.9 Å². The number of hydrogen-bond donors (Lipinski definition) is 0. The molecule has 2 aromatic carbocycles. The molecule has 0 atom stereocenters. The Morgan fingerprint density at radius 3 is 2.39 bits per heavy atom. The van der Waals surface area contributed by atoms with Gasteiger partial charge in [0, 0.05) is 10.5 Å². The Kier molecular flexibility index (Phi) is 4.53. The van der Waals surface area contributed by atoms with E-state index in [4.69, 9.17) is 9.15 Å². The van der Waals surface area contributed by atoms with E-state index >= 15 is 0 Å². The number of rotatable bonds is 3. The van der Waals surface area contributed by atoms with Gasteiger partial charge in [-0.3, -0.25) is 9.59 Å². The van der Waals surface area contributed by atoms with Gasteiger partial charge >= 0.3 is 12.1 Å². The molecule has 1 heterocycles. The number of benzene rings is 2. The van der Waals surface area contributed by atoms with Crippen molar-refractivity contribution in [3.8, 4) is 16.9 Å². The third-order valence-corrected chi connectivity index (χ3v) is 4.91. The zero-order valence-electron chi connectivity index (χ0n) is 14.2. The van der Waals surface area contributed by atoms with Crippen LogP contribution in [0.25, 0.3) is 22.1 Å². The Balaban J connectivity index is 1.89. The van der Waals surface area contributed by atoms with Gasteiger partial charge in [-0.25, -0.2) is 0 Å². The van der Waals surface area contributed by atoms with Gasteiger partial charge in [0.1, 0.15) is 11.3 Å². The molecular formula is C20H12BrF3O4. The third-order valence-electron chi connectivity index (χ3n) is 4.38.